The third-order valence-corrected chi connectivity index (χ3v) is 4.20. The third kappa shape index (κ3) is 4.23. The van der Waals surface area contributed by atoms with Gasteiger partial charge in [-0.2, -0.15) is 0 Å². The molecule has 0 saturated carbocycles. The van der Waals surface area contributed by atoms with Crippen LogP contribution in [0.3, 0.4) is 0 Å². The Labute approximate surface area is 157 Å². The van der Waals surface area contributed by atoms with Gasteiger partial charge in [-0.3, -0.25) is 9.59 Å². The number of benzene rings is 2. The van der Waals surface area contributed by atoms with Crippen molar-refractivity contribution < 1.29 is 14.1 Å². The largest absolute Gasteiger partial charge is 0.360 e. The minimum absolute atomic E-state index is 0.0272. The molecule has 6 heteroatoms. The summed E-state index contributed by atoms with van der Waals surface area (Å²) in [4.78, 5) is 26.1. The molecule has 2 amide bonds. The van der Waals surface area contributed by atoms with Crippen LogP contribution in [0.25, 0.3) is 11.3 Å². The number of amides is 2. The van der Waals surface area contributed by atoms with Gasteiger partial charge in [-0.1, -0.05) is 47.6 Å². The van der Waals surface area contributed by atoms with Gasteiger partial charge in [0.1, 0.15) is 17.0 Å². The molecule has 1 aromatic heterocycles. The number of aromatic nitrogens is 1. The summed E-state index contributed by atoms with van der Waals surface area (Å²) in [6.45, 7) is 1.71. The van der Waals surface area contributed by atoms with Crippen molar-refractivity contribution in [1.82, 2.24) is 10.1 Å². The zero-order valence-electron chi connectivity index (χ0n) is 15.5. The van der Waals surface area contributed by atoms with E-state index in [-0.39, 0.29) is 11.8 Å². The summed E-state index contributed by atoms with van der Waals surface area (Å²) in [6.07, 6.45) is 0.324. The van der Waals surface area contributed by atoms with E-state index in [4.69, 9.17) is 4.52 Å². The van der Waals surface area contributed by atoms with Crippen molar-refractivity contribution >= 4 is 17.5 Å². The zero-order chi connectivity index (χ0) is 19.4. The minimum Gasteiger partial charge on any atom is -0.360 e. The van der Waals surface area contributed by atoms with Crippen LogP contribution in [0, 0.1) is 6.92 Å². The number of carbonyl (C=O) groups excluding carboxylic acids is 2. The summed E-state index contributed by atoms with van der Waals surface area (Å²) in [7, 11) is 3.45. The van der Waals surface area contributed by atoms with E-state index < -0.39 is 0 Å². The lowest BCUT2D eigenvalue weighted by Crippen LogP contribution is -2.23. The Bertz CT molecular complexity index is 945. The van der Waals surface area contributed by atoms with Crippen LogP contribution in [-0.4, -0.2) is 36.0 Å². The standard InChI is InChI=1S/C21H21N3O3/c1-14-19(20(23-27-14)16-7-5-4-6-8-16)21(26)22-17-11-9-15(10-12-17)13-18(25)24(2)3/h4-12H,13H2,1-3H3,(H,22,26). The van der Waals surface area contributed by atoms with Gasteiger partial charge in [0.25, 0.3) is 5.91 Å². The normalized spacial score (nSPS) is 10.5. The molecule has 3 rings (SSSR count). The molecule has 0 atom stereocenters. The number of hydrogen-bond acceptors (Lipinski definition) is 4. The Hall–Kier alpha value is -3.41. The number of carbonyl (C=O) groups is 2. The second-order valence-electron chi connectivity index (χ2n) is 6.44. The molecule has 0 aliphatic carbocycles. The molecule has 1 N–H and O–H groups in total. The first kappa shape index (κ1) is 18.4. The van der Waals surface area contributed by atoms with Crippen molar-refractivity contribution in [2.45, 2.75) is 13.3 Å². The first-order chi connectivity index (χ1) is 13.0. The average molecular weight is 363 g/mol. The summed E-state index contributed by atoms with van der Waals surface area (Å²) in [5, 5.41) is 6.90. The second-order valence-corrected chi connectivity index (χ2v) is 6.44. The lowest BCUT2D eigenvalue weighted by molar-refractivity contribution is -0.127. The topological polar surface area (TPSA) is 75.4 Å². The molecule has 138 valence electrons. The molecule has 0 radical (unpaired) electrons. The van der Waals surface area contributed by atoms with Crippen LogP contribution in [0.2, 0.25) is 0 Å². The van der Waals surface area contributed by atoms with Crippen LogP contribution >= 0.6 is 0 Å². The van der Waals surface area contributed by atoms with E-state index in [1.807, 2.05) is 42.5 Å². The Balaban J connectivity index is 1.77. The highest BCUT2D eigenvalue weighted by molar-refractivity contribution is 6.08. The lowest BCUT2D eigenvalue weighted by Gasteiger charge is -2.10. The fourth-order valence-electron chi connectivity index (χ4n) is 2.66. The second kappa shape index (κ2) is 7.86. The Kier molecular flexibility index (Phi) is 5.35. The molecule has 3 aromatic rings. The number of hydrogen-bond donors (Lipinski definition) is 1. The first-order valence-corrected chi connectivity index (χ1v) is 8.58. The monoisotopic (exact) mass is 363 g/mol. The SMILES string of the molecule is Cc1onc(-c2ccccc2)c1C(=O)Nc1ccc(CC(=O)N(C)C)cc1. The van der Waals surface area contributed by atoms with Crippen molar-refractivity contribution in [3.8, 4) is 11.3 Å². The van der Waals surface area contributed by atoms with Crippen LogP contribution in [0.4, 0.5) is 5.69 Å². The van der Waals surface area contributed by atoms with Gasteiger partial charge in [-0.25, -0.2) is 0 Å². The molecular weight excluding hydrogens is 342 g/mol. The van der Waals surface area contributed by atoms with E-state index in [0.717, 1.165) is 11.1 Å². The Morgan fingerprint density at radius 3 is 2.33 bits per heavy atom. The van der Waals surface area contributed by atoms with Crippen molar-refractivity contribution in [2.75, 3.05) is 19.4 Å². The van der Waals surface area contributed by atoms with Gasteiger partial charge in [0, 0.05) is 25.3 Å². The summed E-state index contributed by atoms with van der Waals surface area (Å²) < 4.78 is 5.24. The minimum atomic E-state index is -0.287. The summed E-state index contributed by atoms with van der Waals surface area (Å²) >= 11 is 0. The smallest absolute Gasteiger partial charge is 0.261 e. The van der Waals surface area contributed by atoms with E-state index in [2.05, 4.69) is 10.5 Å². The Morgan fingerprint density at radius 1 is 1.04 bits per heavy atom. The maximum Gasteiger partial charge on any atom is 0.261 e. The first-order valence-electron chi connectivity index (χ1n) is 8.58. The van der Waals surface area contributed by atoms with E-state index >= 15 is 0 Å². The fourth-order valence-corrected chi connectivity index (χ4v) is 2.66. The summed E-state index contributed by atoms with van der Waals surface area (Å²) in [5.41, 5.74) is 3.27. The lowest BCUT2D eigenvalue weighted by atomic mass is 10.1. The third-order valence-electron chi connectivity index (χ3n) is 4.20. The Morgan fingerprint density at radius 2 is 1.70 bits per heavy atom. The molecule has 0 aliphatic rings. The van der Waals surface area contributed by atoms with Gasteiger partial charge in [0.2, 0.25) is 5.91 Å². The maximum atomic E-state index is 12.8. The molecule has 27 heavy (non-hydrogen) atoms. The van der Waals surface area contributed by atoms with Crippen LogP contribution in [0.15, 0.2) is 59.1 Å². The number of nitrogens with zero attached hydrogens (tertiary/aromatic N) is 2. The van der Waals surface area contributed by atoms with Crippen LogP contribution in [0.1, 0.15) is 21.7 Å². The molecule has 0 aliphatic heterocycles. The predicted molar refractivity (Wildman–Crippen MR) is 103 cm³/mol. The molecule has 0 fully saturated rings. The number of likely N-dealkylation sites (N-methyl/N-ethyl adjacent to an activating group) is 1. The zero-order valence-corrected chi connectivity index (χ0v) is 15.5. The molecule has 6 nitrogen and oxygen atoms in total. The molecule has 0 saturated heterocycles. The molecule has 0 unspecified atom stereocenters. The predicted octanol–water partition coefficient (Wildman–Crippen LogP) is 3.53. The van der Waals surface area contributed by atoms with Crippen LogP contribution in [-0.2, 0) is 11.2 Å². The molecule has 2 aromatic carbocycles. The summed E-state index contributed by atoms with van der Waals surface area (Å²) in [5.74, 6) is 0.198. The van der Waals surface area contributed by atoms with Gasteiger partial charge in [-0.15, -0.1) is 0 Å². The summed E-state index contributed by atoms with van der Waals surface area (Å²) in [6, 6.07) is 16.6. The van der Waals surface area contributed by atoms with Crippen LogP contribution < -0.4 is 5.32 Å². The van der Waals surface area contributed by atoms with Crippen molar-refractivity contribution in [1.29, 1.82) is 0 Å². The van der Waals surface area contributed by atoms with Crippen molar-refractivity contribution in [3.05, 3.63) is 71.5 Å². The molecule has 0 spiro atoms. The molecule has 1 heterocycles. The van der Waals surface area contributed by atoms with Crippen LogP contribution in [0.5, 0.6) is 0 Å². The van der Waals surface area contributed by atoms with Crippen molar-refractivity contribution in [2.24, 2.45) is 0 Å². The van der Waals surface area contributed by atoms with E-state index in [9.17, 15) is 9.59 Å². The van der Waals surface area contributed by atoms with E-state index in [1.54, 1.807) is 38.1 Å². The van der Waals surface area contributed by atoms with Gasteiger partial charge < -0.3 is 14.7 Å². The number of rotatable bonds is 5. The molecule has 0 bridgehead atoms. The number of anilines is 1. The average Bonchev–Trinajstić information content (AvgIpc) is 3.05. The number of nitrogens with one attached hydrogen (secondary N) is 1. The van der Waals surface area contributed by atoms with E-state index in [1.165, 1.54) is 0 Å². The van der Waals surface area contributed by atoms with Gasteiger partial charge in [0.15, 0.2) is 0 Å². The van der Waals surface area contributed by atoms with Gasteiger partial charge in [0.05, 0.1) is 6.42 Å². The highest BCUT2D eigenvalue weighted by Crippen LogP contribution is 2.26. The highest BCUT2D eigenvalue weighted by atomic mass is 16.5. The maximum absolute atomic E-state index is 12.8. The van der Waals surface area contributed by atoms with Crippen molar-refractivity contribution in [3.63, 3.8) is 0 Å². The number of aryl methyl sites for hydroxylation is 1. The highest BCUT2D eigenvalue weighted by Gasteiger charge is 2.21. The van der Waals surface area contributed by atoms with Gasteiger partial charge in [-0.05, 0) is 24.6 Å². The van der Waals surface area contributed by atoms with Gasteiger partial charge >= 0.3 is 0 Å². The van der Waals surface area contributed by atoms with E-state index in [0.29, 0.717) is 29.1 Å². The molecular formula is C21H21N3O3. The quantitative estimate of drug-likeness (QED) is 0.752. The fraction of sp³-hybridized carbons (Fsp3) is 0.190.